The van der Waals surface area contributed by atoms with Crippen molar-refractivity contribution in [2.45, 2.75) is 19.3 Å². The number of ether oxygens (including phenoxy) is 1. The second-order valence-electron chi connectivity index (χ2n) is 6.11. The number of hydrogen-bond acceptors (Lipinski definition) is 7. The number of nitrogens with zero attached hydrogens (tertiary/aromatic N) is 5. The molecule has 0 spiro atoms. The molecule has 1 aromatic carbocycles. The van der Waals surface area contributed by atoms with Gasteiger partial charge < -0.3 is 15.4 Å². The molecule has 3 heterocycles. The van der Waals surface area contributed by atoms with Gasteiger partial charge in [0.2, 0.25) is 5.95 Å². The van der Waals surface area contributed by atoms with Gasteiger partial charge in [0.25, 0.3) is 0 Å². The van der Waals surface area contributed by atoms with E-state index in [9.17, 15) is 0 Å². The maximum absolute atomic E-state index is 5.88. The highest BCUT2D eigenvalue weighted by molar-refractivity contribution is 5.85. The van der Waals surface area contributed by atoms with Gasteiger partial charge in [-0.15, -0.1) is 0 Å². The molecule has 0 bridgehead atoms. The van der Waals surface area contributed by atoms with Crippen molar-refractivity contribution in [3.05, 3.63) is 30.5 Å². The fourth-order valence-electron chi connectivity index (χ4n) is 3.14. The molecule has 2 aromatic heterocycles. The van der Waals surface area contributed by atoms with E-state index in [4.69, 9.17) is 15.5 Å². The van der Waals surface area contributed by atoms with Crippen LogP contribution < -0.4 is 15.4 Å². The summed E-state index contributed by atoms with van der Waals surface area (Å²) in [5.74, 6) is 1.83. The van der Waals surface area contributed by atoms with Crippen LogP contribution in [-0.2, 0) is 0 Å². The van der Waals surface area contributed by atoms with Crippen LogP contribution in [0.5, 0.6) is 5.75 Å². The molecule has 0 aliphatic carbocycles. The number of anilines is 2. The summed E-state index contributed by atoms with van der Waals surface area (Å²) in [6.45, 7) is 1.92. The monoisotopic (exact) mass is 336 g/mol. The van der Waals surface area contributed by atoms with Crippen molar-refractivity contribution in [1.82, 2.24) is 19.9 Å². The van der Waals surface area contributed by atoms with Gasteiger partial charge in [0.1, 0.15) is 5.75 Å². The SMILES string of the molecule is COc1ccc(-c2cnc3nc(N)nc(N4CCCCC4)c3n2)cc1. The average Bonchev–Trinajstić information content (AvgIpc) is 2.68. The van der Waals surface area contributed by atoms with E-state index in [1.54, 1.807) is 13.3 Å². The van der Waals surface area contributed by atoms with Crippen LogP contribution in [0.3, 0.4) is 0 Å². The highest BCUT2D eigenvalue weighted by Gasteiger charge is 2.19. The van der Waals surface area contributed by atoms with Crippen molar-refractivity contribution in [3.8, 4) is 17.0 Å². The molecule has 2 N–H and O–H groups in total. The number of aromatic nitrogens is 4. The topological polar surface area (TPSA) is 90.0 Å². The van der Waals surface area contributed by atoms with E-state index in [0.29, 0.717) is 11.2 Å². The Bertz CT molecular complexity index is 890. The van der Waals surface area contributed by atoms with Gasteiger partial charge in [0.05, 0.1) is 19.0 Å². The maximum Gasteiger partial charge on any atom is 0.224 e. The van der Waals surface area contributed by atoms with E-state index in [2.05, 4.69) is 19.9 Å². The van der Waals surface area contributed by atoms with E-state index in [-0.39, 0.29) is 5.95 Å². The number of fused-ring (bicyclic) bond motifs is 1. The lowest BCUT2D eigenvalue weighted by atomic mass is 10.1. The Morgan fingerprint density at radius 2 is 1.76 bits per heavy atom. The predicted octanol–water partition coefficient (Wildman–Crippen LogP) is 2.67. The highest BCUT2D eigenvalue weighted by Crippen LogP contribution is 2.27. The Hall–Kier alpha value is -2.96. The van der Waals surface area contributed by atoms with Gasteiger partial charge >= 0.3 is 0 Å². The van der Waals surface area contributed by atoms with Gasteiger partial charge in [-0.1, -0.05) is 0 Å². The van der Waals surface area contributed by atoms with Crippen LogP contribution in [0, 0.1) is 0 Å². The van der Waals surface area contributed by atoms with Crippen molar-refractivity contribution < 1.29 is 4.74 Å². The molecule has 3 aromatic rings. The van der Waals surface area contributed by atoms with Crippen molar-refractivity contribution in [2.24, 2.45) is 0 Å². The molecule has 128 valence electrons. The largest absolute Gasteiger partial charge is 0.497 e. The first-order chi connectivity index (χ1) is 12.2. The normalized spacial score (nSPS) is 14.7. The minimum atomic E-state index is 0.236. The van der Waals surface area contributed by atoms with E-state index in [1.807, 2.05) is 24.3 Å². The zero-order valence-corrected chi connectivity index (χ0v) is 14.1. The number of benzene rings is 1. The Labute approximate surface area is 145 Å². The molecular formula is C18H20N6O. The fourth-order valence-corrected chi connectivity index (χ4v) is 3.14. The number of nitrogen functional groups attached to an aromatic ring is 1. The third-order valence-electron chi connectivity index (χ3n) is 4.45. The third-order valence-corrected chi connectivity index (χ3v) is 4.45. The molecule has 7 heteroatoms. The lowest BCUT2D eigenvalue weighted by molar-refractivity contribution is 0.415. The molecule has 4 rings (SSSR count). The summed E-state index contributed by atoms with van der Waals surface area (Å²) >= 11 is 0. The number of hydrogen-bond donors (Lipinski definition) is 1. The van der Waals surface area contributed by atoms with Crippen LogP contribution in [0.2, 0.25) is 0 Å². The molecule has 0 unspecified atom stereocenters. The molecule has 7 nitrogen and oxygen atoms in total. The molecule has 1 saturated heterocycles. The summed E-state index contributed by atoms with van der Waals surface area (Å²) in [6.07, 6.45) is 5.27. The zero-order chi connectivity index (χ0) is 17.2. The van der Waals surface area contributed by atoms with Gasteiger partial charge in [-0.25, -0.2) is 9.97 Å². The number of methoxy groups -OCH3 is 1. The second kappa shape index (κ2) is 6.51. The minimum absolute atomic E-state index is 0.236. The Morgan fingerprint density at radius 3 is 2.48 bits per heavy atom. The standard InChI is InChI=1S/C18H20N6O/c1-25-13-7-5-12(6-8-13)14-11-20-16-15(21-14)17(23-18(19)22-16)24-9-3-2-4-10-24/h5-8,11H,2-4,9-10H2,1H3,(H2,19,20,22,23). The quantitative estimate of drug-likeness (QED) is 0.786. The minimum Gasteiger partial charge on any atom is -0.497 e. The van der Waals surface area contributed by atoms with Crippen LogP contribution in [0.25, 0.3) is 22.4 Å². The van der Waals surface area contributed by atoms with Gasteiger partial charge in [-0.3, -0.25) is 0 Å². The summed E-state index contributed by atoms with van der Waals surface area (Å²) in [4.78, 5) is 20.2. The molecule has 1 aliphatic rings. The predicted molar refractivity (Wildman–Crippen MR) is 97.6 cm³/mol. The van der Waals surface area contributed by atoms with E-state index < -0.39 is 0 Å². The van der Waals surface area contributed by atoms with Crippen LogP contribution in [0.1, 0.15) is 19.3 Å². The fraction of sp³-hybridized carbons (Fsp3) is 0.333. The van der Waals surface area contributed by atoms with Crippen molar-refractivity contribution in [3.63, 3.8) is 0 Å². The molecule has 1 fully saturated rings. The first-order valence-electron chi connectivity index (χ1n) is 8.44. The van der Waals surface area contributed by atoms with Gasteiger partial charge in [0.15, 0.2) is 17.0 Å². The van der Waals surface area contributed by atoms with Crippen LogP contribution in [0.15, 0.2) is 30.5 Å². The summed E-state index contributed by atoms with van der Waals surface area (Å²) < 4.78 is 5.21. The third kappa shape index (κ3) is 3.05. The Kier molecular flexibility index (Phi) is 4.05. The lowest BCUT2D eigenvalue weighted by Crippen LogP contribution is -2.30. The molecule has 0 amide bonds. The average molecular weight is 336 g/mol. The van der Waals surface area contributed by atoms with Crippen LogP contribution >= 0.6 is 0 Å². The van der Waals surface area contributed by atoms with Crippen molar-refractivity contribution in [1.29, 1.82) is 0 Å². The lowest BCUT2D eigenvalue weighted by Gasteiger charge is -2.28. The van der Waals surface area contributed by atoms with Gasteiger partial charge in [0, 0.05) is 18.7 Å². The number of nitrogens with two attached hydrogens (primary N) is 1. The summed E-state index contributed by atoms with van der Waals surface area (Å²) in [6, 6.07) is 7.75. The first kappa shape index (κ1) is 15.6. The molecular weight excluding hydrogens is 316 g/mol. The maximum atomic E-state index is 5.88. The second-order valence-corrected chi connectivity index (χ2v) is 6.11. The van der Waals surface area contributed by atoms with Gasteiger partial charge in [-0.05, 0) is 43.5 Å². The Balaban J connectivity index is 1.81. The summed E-state index contributed by atoms with van der Waals surface area (Å²) in [5.41, 5.74) is 8.86. The molecule has 25 heavy (non-hydrogen) atoms. The van der Waals surface area contributed by atoms with Crippen molar-refractivity contribution >= 4 is 22.9 Å². The van der Waals surface area contributed by atoms with Crippen molar-refractivity contribution in [2.75, 3.05) is 30.8 Å². The smallest absolute Gasteiger partial charge is 0.224 e. The Morgan fingerprint density at radius 1 is 1.00 bits per heavy atom. The number of rotatable bonds is 3. The molecule has 0 atom stereocenters. The van der Waals surface area contributed by atoms with Crippen LogP contribution in [-0.4, -0.2) is 40.1 Å². The first-order valence-corrected chi connectivity index (χ1v) is 8.44. The highest BCUT2D eigenvalue weighted by atomic mass is 16.5. The summed E-state index contributed by atoms with van der Waals surface area (Å²) in [5, 5.41) is 0. The number of piperidine rings is 1. The molecule has 0 saturated carbocycles. The van der Waals surface area contributed by atoms with Crippen LogP contribution in [0.4, 0.5) is 11.8 Å². The van der Waals surface area contributed by atoms with E-state index in [1.165, 1.54) is 6.42 Å². The summed E-state index contributed by atoms with van der Waals surface area (Å²) in [7, 11) is 1.65. The molecule has 1 aliphatic heterocycles. The molecule has 0 radical (unpaired) electrons. The van der Waals surface area contributed by atoms with Gasteiger partial charge in [-0.2, -0.15) is 9.97 Å². The van der Waals surface area contributed by atoms with E-state index >= 15 is 0 Å². The zero-order valence-electron chi connectivity index (χ0n) is 14.1. The van der Waals surface area contributed by atoms with E-state index in [0.717, 1.165) is 48.8 Å².